The highest BCUT2D eigenvalue weighted by atomic mass is 35.5. The number of aromatic amines is 1. The second-order valence-corrected chi connectivity index (χ2v) is 8.58. The quantitative estimate of drug-likeness (QED) is 0.302. The van der Waals surface area contributed by atoms with E-state index in [0.717, 1.165) is 12.3 Å². The van der Waals surface area contributed by atoms with Crippen LogP contribution in [-0.2, 0) is 12.6 Å². The van der Waals surface area contributed by atoms with Gasteiger partial charge in [0, 0.05) is 53.8 Å². The average molecular weight is 560 g/mol. The summed E-state index contributed by atoms with van der Waals surface area (Å²) in [6.45, 7) is 0.126. The van der Waals surface area contributed by atoms with E-state index in [1.165, 1.54) is 36.4 Å². The van der Waals surface area contributed by atoms with Gasteiger partial charge in [-0.1, -0.05) is 23.7 Å². The topological polar surface area (TPSA) is 114 Å². The molecule has 39 heavy (non-hydrogen) atoms. The molecular formula is C26H21ClF3N5O4. The number of nitrogens with zero attached hydrogens (tertiary/aromatic N) is 4. The van der Waals surface area contributed by atoms with Crippen LogP contribution in [0.15, 0.2) is 68.9 Å². The first-order chi connectivity index (χ1) is 18.6. The summed E-state index contributed by atoms with van der Waals surface area (Å²) in [5.74, 6) is -0.512. The van der Waals surface area contributed by atoms with Gasteiger partial charge in [0.25, 0.3) is 5.91 Å². The molecule has 1 amide bonds. The number of carbonyl (C=O) groups is 1. The number of aliphatic imine (C=N–C) groups is 1. The van der Waals surface area contributed by atoms with E-state index >= 15 is 0 Å². The predicted molar refractivity (Wildman–Crippen MR) is 139 cm³/mol. The van der Waals surface area contributed by atoms with Gasteiger partial charge >= 0.3 is 11.9 Å². The maximum Gasteiger partial charge on any atom is 0.434 e. The van der Waals surface area contributed by atoms with E-state index in [-0.39, 0.29) is 40.6 Å². The fourth-order valence-electron chi connectivity index (χ4n) is 3.74. The van der Waals surface area contributed by atoms with E-state index < -0.39 is 23.5 Å². The lowest BCUT2D eigenvalue weighted by molar-refractivity contribution is -0.141. The molecule has 9 nitrogen and oxygen atoms in total. The van der Waals surface area contributed by atoms with Crippen LogP contribution in [0.3, 0.4) is 0 Å². The summed E-state index contributed by atoms with van der Waals surface area (Å²) in [6.07, 6.45) is -2.09. The van der Waals surface area contributed by atoms with Gasteiger partial charge in [0.05, 0.1) is 18.7 Å². The van der Waals surface area contributed by atoms with Gasteiger partial charge in [-0.25, -0.2) is 9.89 Å². The van der Waals surface area contributed by atoms with Crippen LogP contribution in [0.2, 0.25) is 5.02 Å². The minimum Gasteiger partial charge on any atom is -0.491 e. The molecule has 13 heteroatoms. The van der Waals surface area contributed by atoms with Crippen molar-refractivity contribution < 1.29 is 27.1 Å². The van der Waals surface area contributed by atoms with Gasteiger partial charge in [0.2, 0.25) is 5.89 Å². The first-order valence-corrected chi connectivity index (χ1v) is 11.8. The van der Waals surface area contributed by atoms with E-state index in [0.29, 0.717) is 17.0 Å². The Morgan fingerprint density at radius 2 is 1.97 bits per heavy atom. The molecule has 0 atom stereocenters. The zero-order chi connectivity index (χ0) is 28.2. The molecule has 0 unspecified atom stereocenters. The Morgan fingerprint density at radius 1 is 1.21 bits per heavy atom. The van der Waals surface area contributed by atoms with Crippen LogP contribution in [0.25, 0.3) is 11.1 Å². The summed E-state index contributed by atoms with van der Waals surface area (Å²) >= 11 is 6.39. The number of ether oxygens (including phenoxy) is 1. The molecule has 0 aliphatic rings. The first-order valence-electron chi connectivity index (χ1n) is 11.4. The lowest BCUT2D eigenvalue weighted by Crippen LogP contribution is -2.27. The number of H-pyrrole nitrogens is 1. The number of para-hydroxylation sites is 2. The Kier molecular flexibility index (Phi) is 8.15. The number of benzene rings is 2. The highest BCUT2D eigenvalue weighted by molar-refractivity contribution is 6.33. The Hall–Kier alpha value is -4.45. The molecule has 0 saturated carbocycles. The van der Waals surface area contributed by atoms with Gasteiger partial charge in [0.1, 0.15) is 11.4 Å². The number of anilines is 1. The van der Waals surface area contributed by atoms with E-state index in [2.05, 4.69) is 20.2 Å². The number of aromatic nitrogens is 3. The van der Waals surface area contributed by atoms with E-state index in [9.17, 15) is 22.8 Å². The van der Waals surface area contributed by atoms with Crippen LogP contribution >= 0.6 is 11.6 Å². The standard InChI is InChI=1S/C26H21ClF3N5O4/c1-31-13-16-12-22(26(28,29)30)32-14-18(16)17-11-15(7-8-19(17)27)24(36)35(2)20-5-3-4-6-21(20)38-10-9-23-33-34-25(37)39-23/h3-8,11-14H,9-10H2,1-2H3,(H,34,37). The number of hydrogen-bond acceptors (Lipinski definition) is 7. The maximum atomic E-state index is 13.5. The number of hydrogen-bond donors (Lipinski definition) is 1. The van der Waals surface area contributed by atoms with Gasteiger partial charge in [-0.15, -0.1) is 5.10 Å². The summed E-state index contributed by atoms with van der Waals surface area (Å²) in [7, 11) is 2.98. The number of carbonyl (C=O) groups excluding carboxylic acids is 1. The summed E-state index contributed by atoms with van der Waals surface area (Å²) < 4.78 is 50.3. The fourth-order valence-corrected chi connectivity index (χ4v) is 3.96. The third-order valence-electron chi connectivity index (χ3n) is 5.59. The lowest BCUT2D eigenvalue weighted by Gasteiger charge is -2.21. The SMILES string of the molecule is CN=Cc1cc(C(F)(F)F)ncc1-c1cc(C(=O)N(C)c2ccccc2OCCc2n[nH]c(=O)o2)ccc1Cl. The normalized spacial score (nSPS) is 11.6. The summed E-state index contributed by atoms with van der Waals surface area (Å²) in [5, 5.41) is 6.11. The van der Waals surface area contributed by atoms with Crippen molar-refractivity contribution in [1.82, 2.24) is 15.2 Å². The fraction of sp³-hybridized carbons (Fsp3) is 0.192. The van der Waals surface area contributed by atoms with E-state index in [1.807, 2.05) is 0 Å². The molecule has 2 aromatic heterocycles. The molecule has 0 aliphatic heterocycles. The number of halogens is 4. The zero-order valence-electron chi connectivity index (χ0n) is 20.6. The number of nitrogens with one attached hydrogen (secondary N) is 1. The molecule has 0 aliphatic carbocycles. The Morgan fingerprint density at radius 3 is 2.67 bits per heavy atom. The van der Waals surface area contributed by atoms with Crippen molar-refractivity contribution in [1.29, 1.82) is 0 Å². The van der Waals surface area contributed by atoms with Crippen LogP contribution in [-0.4, -0.2) is 48.0 Å². The average Bonchev–Trinajstić information content (AvgIpc) is 3.33. The Balaban J connectivity index is 1.61. The van der Waals surface area contributed by atoms with Gasteiger partial charge in [-0.05, 0) is 36.4 Å². The molecule has 202 valence electrons. The molecule has 0 saturated heterocycles. The Labute approximate surface area is 224 Å². The number of rotatable bonds is 8. The highest BCUT2D eigenvalue weighted by Crippen LogP contribution is 2.35. The monoisotopic (exact) mass is 559 g/mol. The van der Waals surface area contributed by atoms with E-state index in [4.69, 9.17) is 20.8 Å². The number of amides is 1. The molecule has 2 aromatic carbocycles. The smallest absolute Gasteiger partial charge is 0.434 e. The molecular weight excluding hydrogens is 539 g/mol. The predicted octanol–water partition coefficient (Wildman–Crippen LogP) is 5.04. The minimum absolute atomic E-state index is 0.126. The maximum absolute atomic E-state index is 13.5. The Bertz CT molecular complexity index is 1580. The molecule has 2 heterocycles. The van der Waals surface area contributed by atoms with Crippen molar-refractivity contribution >= 4 is 29.4 Å². The van der Waals surface area contributed by atoms with Crippen molar-refractivity contribution in [2.75, 3.05) is 25.6 Å². The molecule has 0 bridgehead atoms. The van der Waals surface area contributed by atoms with Crippen LogP contribution in [0, 0.1) is 0 Å². The van der Waals surface area contributed by atoms with Crippen molar-refractivity contribution in [3.05, 3.63) is 93.0 Å². The van der Waals surface area contributed by atoms with Crippen molar-refractivity contribution in [3.8, 4) is 16.9 Å². The zero-order valence-corrected chi connectivity index (χ0v) is 21.4. The summed E-state index contributed by atoms with van der Waals surface area (Å²) in [5.41, 5.74) is 0.352. The lowest BCUT2D eigenvalue weighted by atomic mass is 9.99. The van der Waals surface area contributed by atoms with Crippen LogP contribution in [0.1, 0.15) is 27.5 Å². The number of pyridine rings is 1. The van der Waals surface area contributed by atoms with Gasteiger partial charge in [-0.3, -0.25) is 14.8 Å². The van der Waals surface area contributed by atoms with Crippen LogP contribution in [0.4, 0.5) is 18.9 Å². The number of alkyl halides is 3. The van der Waals surface area contributed by atoms with Crippen molar-refractivity contribution in [3.63, 3.8) is 0 Å². The largest absolute Gasteiger partial charge is 0.491 e. The third kappa shape index (κ3) is 6.34. The first kappa shape index (κ1) is 27.6. The molecule has 0 spiro atoms. The molecule has 0 radical (unpaired) electrons. The van der Waals surface area contributed by atoms with Gasteiger partial charge < -0.3 is 14.1 Å². The molecule has 1 N–H and O–H groups in total. The van der Waals surface area contributed by atoms with Crippen molar-refractivity contribution in [2.24, 2.45) is 4.99 Å². The van der Waals surface area contributed by atoms with E-state index in [1.54, 1.807) is 31.3 Å². The molecule has 4 rings (SSSR count). The highest BCUT2D eigenvalue weighted by Gasteiger charge is 2.33. The summed E-state index contributed by atoms with van der Waals surface area (Å²) in [6, 6.07) is 12.2. The van der Waals surface area contributed by atoms with Gasteiger partial charge in [-0.2, -0.15) is 13.2 Å². The van der Waals surface area contributed by atoms with Gasteiger partial charge in [0.15, 0.2) is 0 Å². The second-order valence-electron chi connectivity index (χ2n) is 8.17. The molecule has 4 aromatic rings. The summed E-state index contributed by atoms with van der Waals surface area (Å²) in [4.78, 5) is 33.3. The van der Waals surface area contributed by atoms with Crippen LogP contribution < -0.4 is 15.4 Å². The third-order valence-corrected chi connectivity index (χ3v) is 5.91. The minimum atomic E-state index is -4.64. The second kappa shape index (κ2) is 11.5. The van der Waals surface area contributed by atoms with Crippen molar-refractivity contribution in [2.45, 2.75) is 12.6 Å². The van der Waals surface area contributed by atoms with Crippen LogP contribution in [0.5, 0.6) is 5.75 Å². The molecule has 0 fully saturated rings.